The highest BCUT2D eigenvalue weighted by atomic mass is 16.1. The SMILES string of the molecule is O=C(CCc1cn2cc(CCC3CC3)ccc2n1)C1=CC(=O)C2C=CC=CC2=C1. The number of hydrogen-bond acceptors (Lipinski definition) is 3. The molecule has 0 saturated heterocycles. The van der Waals surface area contributed by atoms with E-state index in [0.29, 0.717) is 18.4 Å². The van der Waals surface area contributed by atoms with Crippen LogP contribution in [-0.2, 0) is 22.4 Å². The van der Waals surface area contributed by atoms with Gasteiger partial charge in [-0.1, -0.05) is 43.2 Å². The maximum absolute atomic E-state index is 12.7. The Kier molecular flexibility index (Phi) is 4.62. The normalized spacial score (nSPS) is 20.6. The van der Waals surface area contributed by atoms with Crippen molar-refractivity contribution in [2.75, 3.05) is 0 Å². The molecule has 1 saturated carbocycles. The highest BCUT2D eigenvalue weighted by molar-refractivity contribution is 6.09. The molecular formula is C25H24N2O2. The number of aryl methyl sites for hydroxylation is 2. The average Bonchev–Trinajstić information content (AvgIpc) is 3.48. The molecule has 4 heteroatoms. The van der Waals surface area contributed by atoms with Gasteiger partial charge in [0.1, 0.15) is 5.65 Å². The highest BCUT2D eigenvalue weighted by Crippen LogP contribution is 2.33. The fraction of sp³-hybridized carbons (Fsp3) is 0.320. The zero-order chi connectivity index (χ0) is 19.8. The van der Waals surface area contributed by atoms with E-state index in [1.807, 2.05) is 36.6 Å². The minimum Gasteiger partial charge on any atom is -0.307 e. The lowest BCUT2D eigenvalue weighted by molar-refractivity contribution is -0.118. The predicted molar refractivity (Wildman–Crippen MR) is 113 cm³/mol. The Balaban J connectivity index is 1.24. The van der Waals surface area contributed by atoms with Crippen LogP contribution in [0.5, 0.6) is 0 Å². The number of fused-ring (bicyclic) bond motifs is 2. The Hall–Kier alpha value is -3.01. The second-order valence-electron chi connectivity index (χ2n) is 8.31. The van der Waals surface area contributed by atoms with Gasteiger partial charge < -0.3 is 4.40 Å². The highest BCUT2D eigenvalue weighted by Gasteiger charge is 2.25. The van der Waals surface area contributed by atoms with Crippen molar-refractivity contribution in [2.45, 2.75) is 38.5 Å². The van der Waals surface area contributed by atoms with Gasteiger partial charge in [0.05, 0.1) is 11.6 Å². The van der Waals surface area contributed by atoms with Gasteiger partial charge in [-0.3, -0.25) is 9.59 Å². The third-order valence-electron chi connectivity index (χ3n) is 6.02. The number of carbonyl (C=O) groups is 2. The molecule has 1 unspecified atom stereocenters. The van der Waals surface area contributed by atoms with Crippen molar-refractivity contribution in [3.8, 4) is 0 Å². The molecule has 1 atom stereocenters. The molecule has 3 aliphatic carbocycles. The van der Waals surface area contributed by atoms with Crippen molar-refractivity contribution < 1.29 is 9.59 Å². The molecular weight excluding hydrogens is 360 g/mol. The van der Waals surface area contributed by atoms with E-state index in [9.17, 15) is 9.59 Å². The molecule has 0 N–H and O–H groups in total. The third kappa shape index (κ3) is 3.93. The summed E-state index contributed by atoms with van der Waals surface area (Å²) in [7, 11) is 0. The van der Waals surface area contributed by atoms with E-state index in [2.05, 4.69) is 27.7 Å². The molecule has 2 aromatic rings. The van der Waals surface area contributed by atoms with E-state index in [1.54, 1.807) is 0 Å². The standard InChI is InChI=1S/C25H24N2O2/c28-23(20-13-19-3-1-2-4-22(19)24(29)14-20)11-10-21-16-27-15-18(8-7-17-5-6-17)9-12-25(27)26-21/h1-4,9,12-17,22H,5-8,10-11H2. The smallest absolute Gasteiger partial charge is 0.167 e. The summed E-state index contributed by atoms with van der Waals surface area (Å²) in [6.45, 7) is 0. The van der Waals surface area contributed by atoms with Gasteiger partial charge in [0, 0.05) is 24.4 Å². The van der Waals surface area contributed by atoms with Crippen molar-refractivity contribution >= 4 is 17.2 Å². The summed E-state index contributed by atoms with van der Waals surface area (Å²) in [5, 5.41) is 0. The van der Waals surface area contributed by atoms with Gasteiger partial charge in [-0.25, -0.2) is 4.98 Å². The average molecular weight is 384 g/mol. The quantitative estimate of drug-likeness (QED) is 0.713. The molecule has 2 heterocycles. The maximum atomic E-state index is 12.7. The Morgan fingerprint density at radius 3 is 2.86 bits per heavy atom. The van der Waals surface area contributed by atoms with Gasteiger partial charge in [-0.15, -0.1) is 0 Å². The number of rotatable bonds is 7. The van der Waals surface area contributed by atoms with Crippen molar-refractivity contribution in [2.24, 2.45) is 11.8 Å². The number of ketones is 2. The van der Waals surface area contributed by atoms with Crippen molar-refractivity contribution in [3.63, 3.8) is 0 Å². The fourth-order valence-corrected chi connectivity index (χ4v) is 4.10. The first-order valence-corrected chi connectivity index (χ1v) is 10.5. The number of imidazole rings is 1. The number of aromatic nitrogens is 2. The summed E-state index contributed by atoms with van der Waals surface area (Å²) in [6.07, 6.45) is 21.2. The molecule has 0 radical (unpaired) electrons. The summed E-state index contributed by atoms with van der Waals surface area (Å²) >= 11 is 0. The molecule has 0 aliphatic heterocycles. The molecule has 0 aromatic carbocycles. The predicted octanol–water partition coefficient (Wildman–Crippen LogP) is 4.36. The minimum absolute atomic E-state index is 0.00516. The van der Waals surface area contributed by atoms with Crippen LogP contribution in [0.4, 0.5) is 0 Å². The zero-order valence-electron chi connectivity index (χ0n) is 16.4. The molecule has 4 nitrogen and oxygen atoms in total. The van der Waals surface area contributed by atoms with Crippen molar-refractivity contribution in [1.29, 1.82) is 0 Å². The maximum Gasteiger partial charge on any atom is 0.167 e. The lowest BCUT2D eigenvalue weighted by atomic mass is 9.83. The second kappa shape index (κ2) is 7.43. The molecule has 3 aliphatic rings. The van der Waals surface area contributed by atoms with Crippen molar-refractivity contribution in [1.82, 2.24) is 9.38 Å². The Labute approximate surface area is 170 Å². The fourth-order valence-electron chi connectivity index (χ4n) is 4.10. The Bertz CT molecular complexity index is 1110. The van der Waals surface area contributed by atoms with Crippen LogP contribution in [-0.4, -0.2) is 21.0 Å². The van der Waals surface area contributed by atoms with Crippen LogP contribution in [0.15, 0.2) is 72.1 Å². The first kappa shape index (κ1) is 18.0. The molecule has 0 amide bonds. The van der Waals surface area contributed by atoms with Gasteiger partial charge in [0.2, 0.25) is 0 Å². The van der Waals surface area contributed by atoms with Gasteiger partial charge in [0.25, 0.3) is 0 Å². The molecule has 0 bridgehead atoms. The van der Waals surface area contributed by atoms with Crippen LogP contribution in [0.1, 0.15) is 36.9 Å². The monoisotopic (exact) mass is 384 g/mol. The Morgan fingerprint density at radius 2 is 2.00 bits per heavy atom. The summed E-state index contributed by atoms with van der Waals surface area (Å²) in [5.41, 5.74) is 4.57. The number of allylic oxidation sites excluding steroid dienone is 8. The number of pyridine rings is 1. The largest absolute Gasteiger partial charge is 0.307 e. The van der Waals surface area contributed by atoms with Crippen LogP contribution in [0.25, 0.3) is 5.65 Å². The Morgan fingerprint density at radius 1 is 1.10 bits per heavy atom. The molecule has 29 heavy (non-hydrogen) atoms. The number of carbonyl (C=O) groups excluding carboxylic acids is 2. The van der Waals surface area contributed by atoms with Crippen LogP contribution < -0.4 is 0 Å². The number of Topliss-reactive ketones (excluding diaryl/α,β-unsaturated/α-hetero) is 1. The van der Waals surface area contributed by atoms with Gasteiger partial charge in [0.15, 0.2) is 11.6 Å². The zero-order valence-corrected chi connectivity index (χ0v) is 16.4. The van der Waals surface area contributed by atoms with E-state index < -0.39 is 0 Å². The first-order valence-electron chi connectivity index (χ1n) is 10.5. The second-order valence-corrected chi connectivity index (χ2v) is 8.31. The molecule has 146 valence electrons. The summed E-state index contributed by atoms with van der Waals surface area (Å²) < 4.78 is 2.07. The van der Waals surface area contributed by atoms with Gasteiger partial charge >= 0.3 is 0 Å². The molecule has 5 rings (SSSR count). The van der Waals surface area contributed by atoms with E-state index >= 15 is 0 Å². The molecule has 2 aromatic heterocycles. The number of hydrogen-bond donors (Lipinski definition) is 0. The lowest BCUT2D eigenvalue weighted by Gasteiger charge is -2.19. The topological polar surface area (TPSA) is 51.4 Å². The van der Waals surface area contributed by atoms with Crippen LogP contribution in [0, 0.1) is 11.8 Å². The third-order valence-corrected chi connectivity index (χ3v) is 6.02. The van der Waals surface area contributed by atoms with E-state index in [4.69, 9.17) is 0 Å². The van der Waals surface area contributed by atoms with E-state index in [0.717, 1.165) is 29.3 Å². The molecule has 1 fully saturated rings. The minimum atomic E-state index is -0.232. The van der Waals surface area contributed by atoms with Crippen LogP contribution >= 0.6 is 0 Å². The van der Waals surface area contributed by atoms with Crippen molar-refractivity contribution in [3.05, 3.63) is 83.4 Å². The summed E-state index contributed by atoms with van der Waals surface area (Å²) in [6, 6.07) is 4.22. The lowest BCUT2D eigenvalue weighted by Crippen LogP contribution is -2.19. The molecule has 0 spiro atoms. The van der Waals surface area contributed by atoms with Crippen LogP contribution in [0.3, 0.4) is 0 Å². The first-order chi connectivity index (χ1) is 14.2. The number of nitrogens with zero attached hydrogens (tertiary/aromatic N) is 2. The van der Waals surface area contributed by atoms with Gasteiger partial charge in [-0.05, 0) is 54.5 Å². The summed E-state index contributed by atoms with van der Waals surface area (Å²) in [4.78, 5) is 29.6. The van der Waals surface area contributed by atoms with E-state index in [1.165, 1.54) is 30.9 Å². The van der Waals surface area contributed by atoms with Crippen LogP contribution in [0.2, 0.25) is 0 Å². The summed E-state index contributed by atoms with van der Waals surface area (Å²) in [5.74, 6) is 0.679. The van der Waals surface area contributed by atoms with Gasteiger partial charge in [-0.2, -0.15) is 0 Å². The van der Waals surface area contributed by atoms with E-state index in [-0.39, 0.29) is 17.5 Å².